The predicted octanol–water partition coefficient (Wildman–Crippen LogP) is 10.3. The summed E-state index contributed by atoms with van der Waals surface area (Å²) in [6, 6.07) is 15.3. The van der Waals surface area contributed by atoms with E-state index < -0.39 is 54.7 Å². The van der Waals surface area contributed by atoms with Gasteiger partial charge in [0.2, 0.25) is 0 Å². The molecule has 0 fully saturated rings. The molecule has 2 aliphatic rings. The van der Waals surface area contributed by atoms with E-state index in [0.717, 1.165) is 36.8 Å². The van der Waals surface area contributed by atoms with Crippen LogP contribution in [0.4, 0.5) is 13.2 Å². The zero-order valence-electron chi connectivity index (χ0n) is 35.1. The Bertz CT molecular complexity index is 2000. The van der Waals surface area contributed by atoms with Gasteiger partial charge in [-0.1, -0.05) is 28.8 Å². The number of amides is 1. The Balaban J connectivity index is 0.000000308. The third kappa shape index (κ3) is 13.3. The maximum atomic E-state index is 13.1. The lowest BCUT2D eigenvalue weighted by Crippen LogP contribution is -2.37. The van der Waals surface area contributed by atoms with Crippen molar-refractivity contribution >= 4 is 48.0 Å². The van der Waals surface area contributed by atoms with Crippen molar-refractivity contribution in [2.75, 3.05) is 33.5 Å². The van der Waals surface area contributed by atoms with E-state index in [4.69, 9.17) is 32.7 Å². The number of hydrogen-bond donors (Lipinski definition) is 1. The maximum absolute atomic E-state index is 13.1. The molecule has 18 heteroatoms. The average molecular weight is 942 g/mol. The van der Waals surface area contributed by atoms with Crippen LogP contribution in [0.25, 0.3) is 0 Å². The topological polar surface area (TPSA) is 162 Å². The highest BCUT2D eigenvalue weighted by molar-refractivity contribution is 9.10. The monoisotopic (exact) mass is 940 g/mol. The molecule has 1 unspecified atom stereocenters. The summed E-state index contributed by atoms with van der Waals surface area (Å²) in [4.78, 5) is 48.7. The van der Waals surface area contributed by atoms with Gasteiger partial charge in [0.15, 0.2) is 5.60 Å². The Morgan fingerprint density at radius 2 is 1.23 bits per heavy atom. The van der Waals surface area contributed by atoms with Crippen molar-refractivity contribution in [2.45, 2.75) is 91.8 Å². The summed E-state index contributed by atoms with van der Waals surface area (Å²) in [5.41, 5.74) is -0.515. The molecule has 13 nitrogen and oxygen atoms in total. The maximum Gasteiger partial charge on any atom is 0.697 e. The number of rotatable bonds is 16. The van der Waals surface area contributed by atoms with Crippen molar-refractivity contribution in [2.24, 2.45) is 10.8 Å². The molecule has 0 aliphatic carbocycles. The summed E-state index contributed by atoms with van der Waals surface area (Å²) in [6.07, 6.45) is -0.479. The second kappa shape index (κ2) is 21.1. The summed E-state index contributed by atoms with van der Waals surface area (Å²) in [7, 11) is -0.554. The minimum absolute atomic E-state index is 0.102. The molecule has 0 bridgehead atoms. The first-order valence-electron chi connectivity index (χ1n) is 19.6. The summed E-state index contributed by atoms with van der Waals surface area (Å²) in [5, 5.41) is 1.74. The minimum Gasteiger partial charge on any atom is -0.456 e. The zero-order valence-corrected chi connectivity index (χ0v) is 37.6. The van der Waals surface area contributed by atoms with Gasteiger partial charge >= 0.3 is 38.2 Å². The highest BCUT2D eigenvalue weighted by atomic mass is 79.9. The quantitative estimate of drug-likeness (QED) is 0.0627. The van der Waals surface area contributed by atoms with Crippen LogP contribution in [0.5, 0.6) is 23.0 Å². The Hall–Kier alpha value is -4.41. The van der Waals surface area contributed by atoms with Gasteiger partial charge in [-0.05, 0) is 110 Å². The molecule has 1 atom stereocenters. The molecule has 0 saturated carbocycles. The van der Waals surface area contributed by atoms with Gasteiger partial charge in [0.1, 0.15) is 36.2 Å². The van der Waals surface area contributed by atoms with Crippen LogP contribution >= 0.6 is 24.2 Å². The average Bonchev–Trinajstić information content (AvgIpc) is 3.45. The molecular weight excluding hydrogens is 890 g/mol. The molecule has 2 aliphatic heterocycles. The number of halogens is 4. The van der Waals surface area contributed by atoms with Crippen molar-refractivity contribution in [3.63, 3.8) is 0 Å². The number of nitrogens with one attached hydrogen (secondary N) is 1. The van der Waals surface area contributed by atoms with Gasteiger partial charge < -0.3 is 29.0 Å². The Labute approximate surface area is 362 Å². The van der Waals surface area contributed by atoms with Crippen molar-refractivity contribution in [3.8, 4) is 23.0 Å². The lowest BCUT2D eigenvalue weighted by molar-refractivity contribution is -0.173. The van der Waals surface area contributed by atoms with Gasteiger partial charge in [0.05, 0.1) is 16.4 Å². The molecule has 0 radical (unpaired) electrons. The fourth-order valence-corrected chi connectivity index (χ4v) is 6.84. The molecule has 1 spiro atoms. The third-order valence-corrected chi connectivity index (χ3v) is 10.4. The number of esters is 3. The first-order chi connectivity index (χ1) is 28.6. The fourth-order valence-electron chi connectivity index (χ4n) is 5.85. The van der Waals surface area contributed by atoms with Gasteiger partial charge in [-0.25, -0.2) is 4.79 Å². The van der Waals surface area contributed by atoms with E-state index in [0.29, 0.717) is 53.2 Å². The van der Waals surface area contributed by atoms with Crippen LogP contribution in [0.3, 0.4) is 0 Å². The SMILES string of the molecule is CC(C)(C)C(=O)Oc1ccc2c(c1)Oc1cc(OC(=O)C(C)(C)C)ccc1C21OC(=O)c2ccc(Br)cc21.COCCCCCCO[P+](=O)OCCCCNC(=O)C(F)(F)F. The molecule has 2 heterocycles. The van der Waals surface area contributed by atoms with Crippen LogP contribution in [0.2, 0.25) is 0 Å². The number of ether oxygens (including phenoxy) is 5. The second-order valence-electron chi connectivity index (χ2n) is 16.2. The number of carbonyl (C=O) groups is 4. The Kier molecular flexibility index (Phi) is 17.0. The normalized spacial score (nSPS) is 14.0. The largest absolute Gasteiger partial charge is 0.697 e. The van der Waals surface area contributed by atoms with E-state index >= 15 is 0 Å². The molecule has 3 aromatic carbocycles. The molecule has 1 amide bonds. The van der Waals surface area contributed by atoms with Gasteiger partial charge in [0, 0.05) is 58.1 Å². The van der Waals surface area contributed by atoms with Crippen molar-refractivity contribution in [1.29, 1.82) is 0 Å². The number of unbranched alkanes of at least 4 members (excludes halogenated alkanes) is 4. The lowest BCUT2D eigenvalue weighted by Gasteiger charge is -2.36. The molecule has 3 aromatic rings. The molecule has 0 saturated heterocycles. The van der Waals surface area contributed by atoms with Crippen LogP contribution in [-0.4, -0.2) is 63.5 Å². The summed E-state index contributed by atoms with van der Waals surface area (Å²) in [5.74, 6) is -1.97. The first-order valence-corrected chi connectivity index (χ1v) is 21.5. The smallest absolute Gasteiger partial charge is 0.456 e. The van der Waals surface area contributed by atoms with E-state index in [1.807, 2.05) is 6.07 Å². The van der Waals surface area contributed by atoms with E-state index in [-0.39, 0.29) is 24.7 Å². The minimum atomic E-state index is -4.86. The Morgan fingerprint density at radius 3 is 1.72 bits per heavy atom. The lowest BCUT2D eigenvalue weighted by atomic mass is 9.77. The van der Waals surface area contributed by atoms with E-state index in [9.17, 15) is 36.9 Å². The van der Waals surface area contributed by atoms with Crippen LogP contribution in [0, 0.1) is 10.8 Å². The van der Waals surface area contributed by atoms with Crippen LogP contribution < -0.4 is 19.5 Å². The molecule has 61 heavy (non-hydrogen) atoms. The van der Waals surface area contributed by atoms with E-state index in [1.54, 1.807) is 102 Å². The van der Waals surface area contributed by atoms with Gasteiger partial charge in [-0.2, -0.15) is 13.2 Å². The molecule has 5 rings (SSSR count). The number of carbonyl (C=O) groups excluding carboxylic acids is 4. The number of methoxy groups -OCH3 is 1. The molecule has 332 valence electrons. The Morgan fingerprint density at radius 1 is 0.721 bits per heavy atom. The fraction of sp³-hybridized carbons (Fsp3) is 0.488. The highest BCUT2D eigenvalue weighted by Crippen LogP contribution is 2.57. The van der Waals surface area contributed by atoms with Gasteiger partial charge in [-0.15, -0.1) is 9.05 Å². The standard InChI is InChI=1S/C30H27BrO7.C13H23F3NO5P/c1-28(2,3)26(33)35-17-8-11-20-23(14-17)37-24-15-18(36-27(34)29(4,5)6)9-12-21(24)30(20)22-13-16(31)7-10-19(22)25(32)38-30;1-20-9-5-2-3-6-10-21-23(19)22-11-7-4-8-17-12(18)13(14,15)16/h7-15H,1-6H3;2-11H2,1H3/p+1. The van der Waals surface area contributed by atoms with Gasteiger partial charge in [-0.3, -0.25) is 14.4 Å². The van der Waals surface area contributed by atoms with Crippen molar-refractivity contribution in [1.82, 2.24) is 5.32 Å². The summed E-state index contributed by atoms with van der Waals surface area (Å²) < 4.78 is 86.1. The predicted molar refractivity (Wildman–Crippen MR) is 221 cm³/mol. The zero-order chi connectivity index (χ0) is 45.2. The summed E-state index contributed by atoms with van der Waals surface area (Å²) >= 11 is 3.52. The van der Waals surface area contributed by atoms with Crippen LogP contribution in [-0.2, 0) is 43.1 Å². The molecular formula is C43H51BrF3NO12P+. The van der Waals surface area contributed by atoms with Crippen LogP contribution in [0.15, 0.2) is 59.1 Å². The molecule has 0 aromatic heterocycles. The van der Waals surface area contributed by atoms with E-state index in [1.165, 1.54) is 0 Å². The van der Waals surface area contributed by atoms with Crippen LogP contribution in [0.1, 0.15) is 107 Å². The van der Waals surface area contributed by atoms with Crippen molar-refractivity contribution < 1.29 is 69.6 Å². The summed E-state index contributed by atoms with van der Waals surface area (Å²) in [6.45, 7) is 11.7. The number of benzene rings is 3. The number of fused-ring (bicyclic) bond motifs is 6. The third-order valence-electron chi connectivity index (χ3n) is 9.11. The van der Waals surface area contributed by atoms with E-state index in [2.05, 4.69) is 15.9 Å². The number of hydrogen-bond acceptors (Lipinski definition) is 12. The van der Waals surface area contributed by atoms with Gasteiger partial charge in [0.25, 0.3) is 0 Å². The number of alkyl halides is 3. The van der Waals surface area contributed by atoms with Crippen molar-refractivity contribution in [3.05, 3.63) is 81.3 Å². The second-order valence-corrected chi connectivity index (χ2v) is 18.1. The molecule has 1 N–H and O–H groups in total. The highest BCUT2D eigenvalue weighted by Gasteiger charge is 2.54. The first kappa shape index (κ1) is 49.2.